The van der Waals surface area contributed by atoms with Gasteiger partial charge in [-0.2, -0.15) is 0 Å². The predicted molar refractivity (Wildman–Crippen MR) is 91.6 cm³/mol. The van der Waals surface area contributed by atoms with Gasteiger partial charge >= 0.3 is 0 Å². The fourth-order valence-electron chi connectivity index (χ4n) is 3.60. The molecule has 0 aromatic heterocycles. The van der Waals surface area contributed by atoms with E-state index in [9.17, 15) is 9.59 Å². The second-order valence-corrected chi connectivity index (χ2v) is 6.97. The largest absolute Gasteiger partial charge is 0.382 e. The highest BCUT2D eigenvalue weighted by Crippen LogP contribution is 2.48. The maximum atomic E-state index is 12.4. The third-order valence-corrected chi connectivity index (χ3v) is 4.42. The van der Waals surface area contributed by atoms with E-state index >= 15 is 0 Å². The summed E-state index contributed by atoms with van der Waals surface area (Å²) in [5.74, 6) is 0.0123. The Kier molecular flexibility index (Phi) is 3.59. The van der Waals surface area contributed by atoms with Gasteiger partial charge in [0.05, 0.1) is 0 Å². The molecule has 3 nitrogen and oxygen atoms in total. The molecule has 118 valence electrons. The van der Waals surface area contributed by atoms with Crippen LogP contribution < -0.4 is 5.32 Å². The number of nitrogens with one attached hydrogen (secondary N) is 1. The molecule has 1 N–H and O–H groups in total. The van der Waals surface area contributed by atoms with Crippen LogP contribution in [0.2, 0.25) is 0 Å². The first kappa shape index (κ1) is 15.5. The number of carbonyl (C=O) groups is 2. The zero-order valence-corrected chi connectivity index (χ0v) is 13.7. The Morgan fingerprint density at radius 3 is 2.26 bits per heavy atom. The summed E-state index contributed by atoms with van der Waals surface area (Å²) in [5, 5.41) is 3.53. The smallest absolute Gasteiger partial charge is 0.178 e. The third kappa shape index (κ3) is 2.79. The first-order chi connectivity index (χ1) is 10.8. The van der Waals surface area contributed by atoms with E-state index in [2.05, 4.69) is 19.2 Å². The summed E-state index contributed by atoms with van der Waals surface area (Å²) >= 11 is 0. The SMILES string of the molecule is CC(=O)/C(=C1\NC(C)(C)CC12C=CC(=O)C=C2)c1ccccc1. The van der Waals surface area contributed by atoms with E-state index in [1.165, 1.54) is 0 Å². The zero-order valence-electron chi connectivity index (χ0n) is 13.7. The quantitative estimate of drug-likeness (QED) is 0.851. The highest BCUT2D eigenvalue weighted by molar-refractivity contribution is 6.21. The molecule has 3 heteroatoms. The van der Waals surface area contributed by atoms with E-state index in [1.807, 2.05) is 42.5 Å². The molecule has 0 atom stereocenters. The number of hydrogen-bond donors (Lipinski definition) is 1. The monoisotopic (exact) mass is 307 g/mol. The van der Waals surface area contributed by atoms with Gasteiger partial charge in [-0.15, -0.1) is 0 Å². The van der Waals surface area contributed by atoms with Crippen LogP contribution in [0.15, 0.2) is 60.3 Å². The summed E-state index contributed by atoms with van der Waals surface area (Å²) in [7, 11) is 0. The van der Waals surface area contributed by atoms with Crippen LogP contribution in [-0.2, 0) is 9.59 Å². The van der Waals surface area contributed by atoms with Crippen LogP contribution in [0.25, 0.3) is 5.57 Å². The zero-order chi connectivity index (χ0) is 16.7. The molecule has 0 unspecified atom stereocenters. The Hall–Kier alpha value is -2.42. The lowest BCUT2D eigenvalue weighted by Gasteiger charge is -2.26. The predicted octanol–water partition coefficient (Wildman–Crippen LogP) is 3.44. The van der Waals surface area contributed by atoms with Crippen molar-refractivity contribution in [3.63, 3.8) is 0 Å². The Balaban J connectivity index is 2.24. The summed E-state index contributed by atoms with van der Waals surface area (Å²) in [6, 6.07) is 9.70. The first-order valence-electron chi connectivity index (χ1n) is 7.85. The molecule has 3 rings (SSSR count). The summed E-state index contributed by atoms with van der Waals surface area (Å²) in [6.45, 7) is 5.82. The van der Waals surface area contributed by atoms with Crippen molar-refractivity contribution in [2.24, 2.45) is 5.41 Å². The number of Topliss-reactive ketones (excluding diaryl/α,β-unsaturated/α-hetero) is 1. The Morgan fingerprint density at radius 1 is 1.09 bits per heavy atom. The lowest BCUT2D eigenvalue weighted by Crippen LogP contribution is -2.31. The summed E-state index contributed by atoms with van der Waals surface area (Å²) in [5.41, 5.74) is 1.91. The molecule has 0 bridgehead atoms. The number of rotatable bonds is 2. The normalized spacial score (nSPS) is 23.0. The summed E-state index contributed by atoms with van der Waals surface area (Å²) < 4.78 is 0. The van der Waals surface area contributed by atoms with Crippen molar-refractivity contribution in [3.05, 3.63) is 65.9 Å². The molecule has 0 radical (unpaired) electrons. The first-order valence-corrected chi connectivity index (χ1v) is 7.85. The van der Waals surface area contributed by atoms with E-state index in [0.29, 0.717) is 5.57 Å². The van der Waals surface area contributed by atoms with Gasteiger partial charge in [-0.3, -0.25) is 9.59 Å². The fraction of sp³-hybridized carbons (Fsp3) is 0.300. The van der Waals surface area contributed by atoms with Gasteiger partial charge in [0.25, 0.3) is 0 Å². The number of carbonyl (C=O) groups excluding carboxylic acids is 2. The lowest BCUT2D eigenvalue weighted by atomic mass is 9.75. The maximum absolute atomic E-state index is 12.4. The van der Waals surface area contributed by atoms with E-state index in [4.69, 9.17) is 0 Å². The summed E-state index contributed by atoms with van der Waals surface area (Å²) in [6.07, 6.45) is 7.87. The van der Waals surface area contributed by atoms with Crippen LogP contribution in [0, 0.1) is 5.41 Å². The average Bonchev–Trinajstić information content (AvgIpc) is 2.74. The van der Waals surface area contributed by atoms with Gasteiger partial charge < -0.3 is 5.32 Å². The minimum absolute atomic E-state index is 0.0104. The molecule has 1 aliphatic heterocycles. The molecule has 1 aromatic rings. The van der Waals surface area contributed by atoms with Crippen LogP contribution in [0.3, 0.4) is 0 Å². The van der Waals surface area contributed by atoms with Crippen molar-refractivity contribution < 1.29 is 9.59 Å². The minimum Gasteiger partial charge on any atom is -0.382 e. The molecule has 2 aliphatic rings. The van der Waals surface area contributed by atoms with E-state index in [-0.39, 0.29) is 17.1 Å². The van der Waals surface area contributed by atoms with Gasteiger partial charge in [0, 0.05) is 22.2 Å². The fourth-order valence-corrected chi connectivity index (χ4v) is 3.60. The number of hydrogen-bond acceptors (Lipinski definition) is 3. The van der Waals surface area contributed by atoms with Gasteiger partial charge in [0.15, 0.2) is 11.6 Å². The highest BCUT2D eigenvalue weighted by atomic mass is 16.1. The van der Waals surface area contributed by atoms with Crippen LogP contribution >= 0.6 is 0 Å². The number of allylic oxidation sites excluding steroid dienone is 4. The molecule has 0 amide bonds. The highest BCUT2D eigenvalue weighted by Gasteiger charge is 2.46. The third-order valence-electron chi connectivity index (χ3n) is 4.42. The van der Waals surface area contributed by atoms with Crippen molar-refractivity contribution in [2.45, 2.75) is 32.7 Å². The average molecular weight is 307 g/mol. The van der Waals surface area contributed by atoms with Crippen molar-refractivity contribution >= 4 is 17.1 Å². The Labute approximate surface area is 136 Å². The number of benzene rings is 1. The standard InChI is InChI=1S/C20H21NO2/c1-14(22)17(15-7-5-4-6-8-15)18-20(13-19(2,3)21-18)11-9-16(23)10-12-20/h4-12,21H,13H2,1-3H3/b18-17+. The van der Waals surface area contributed by atoms with Crippen molar-refractivity contribution in [2.75, 3.05) is 0 Å². The molecule has 1 heterocycles. The molecule has 1 spiro atoms. The molecule has 23 heavy (non-hydrogen) atoms. The van der Waals surface area contributed by atoms with E-state index in [1.54, 1.807) is 19.1 Å². The van der Waals surface area contributed by atoms with E-state index < -0.39 is 5.41 Å². The van der Waals surface area contributed by atoms with Gasteiger partial charge in [-0.1, -0.05) is 42.5 Å². The van der Waals surface area contributed by atoms with Gasteiger partial charge in [-0.25, -0.2) is 0 Å². The molecule has 1 fully saturated rings. The molecule has 1 aromatic carbocycles. The Morgan fingerprint density at radius 2 is 1.70 bits per heavy atom. The molecular weight excluding hydrogens is 286 g/mol. The summed E-state index contributed by atoms with van der Waals surface area (Å²) in [4.78, 5) is 24.0. The van der Waals surface area contributed by atoms with Crippen molar-refractivity contribution in [3.8, 4) is 0 Å². The molecule has 1 saturated heterocycles. The van der Waals surface area contributed by atoms with Crippen molar-refractivity contribution in [1.29, 1.82) is 0 Å². The maximum Gasteiger partial charge on any atom is 0.178 e. The Bertz CT molecular complexity index is 735. The van der Waals surface area contributed by atoms with Gasteiger partial charge in [-0.05, 0) is 44.9 Å². The van der Waals surface area contributed by atoms with Crippen LogP contribution in [0.5, 0.6) is 0 Å². The van der Waals surface area contributed by atoms with E-state index in [0.717, 1.165) is 17.7 Å². The lowest BCUT2D eigenvalue weighted by molar-refractivity contribution is -0.112. The van der Waals surface area contributed by atoms with Crippen LogP contribution in [0.1, 0.15) is 32.8 Å². The topological polar surface area (TPSA) is 46.2 Å². The number of ketones is 2. The molecule has 0 saturated carbocycles. The van der Waals surface area contributed by atoms with Crippen LogP contribution in [0.4, 0.5) is 0 Å². The van der Waals surface area contributed by atoms with Crippen LogP contribution in [-0.4, -0.2) is 17.1 Å². The van der Waals surface area contributed by atoms with Crippen molar-refractivity contribution in [1.82, 2.24) is 5.32 Å². The molecule has 1 aliphatic carbocycles. The second kappa shape index (κ2) is 5.34. The van der Waals surface area contributed by atoms with Gasteiger partial charge in [0.1, 0.15) is 0 Å². The minimum atomic E-state index is -0.422. The second-order valence-electron chi connectivity index (χ2n) is 6.97. The van der Waals surface area contributed by atoms with Gasteiger partial charge in [0.2, 0.25) is 0 Å². The molecular formula is C20H21NO2.